The van der Waals surface area contributed by atoms with Crippen molar-refractivity contribution < 1.29 is 4.42 Å². The number of nitrogens with zero attached hydrogens (tertiary/aromatic N) is 4. The molecule has 0 aliphatic heterocycles. The maximum absolute atomic E-state index is 7.36. The molecule has 3 aromatic heterocycles. The third kappa shape index (κ3) is 5.42. The predicted octanol–water partition coefficient (Wildman–Crippen LogP) is 15.4. The van der Waals surface area contributed by atoms with Crippen LogP contribution in [-0.4, -0.2) is 9.97 Å². The fourth-order valence-corrected chi connectivity index (χ4v) is 10.6. The highest BCUT2D eigenvalue weighted by Crippen LogP contribution is 2.66. The first kappa shape index (κ1) is 37.0. The molecular formula is C58H44N4O. The van der Waals surface area contributed by atoms with Crippen LogP contribution in [0.3, 0.4) is 0 Å². The number of benzene rings is 7. The second kappa shape index (κ2) is 14.1. The molecule has 3 heterocycles. The summed E-state index contributed by atoms with van der Waals surface area (Å²) < 4.78 is 7.36. The predicted molar refractivity (Wildman–Crippen MR) is 259 cm³/mol. The largest absolute Gasteiger partial charge is 0.455 e. The molecule has 7 aromatic carbocycles. The second-order valence-corrected chi connectivity index (χ2v) is 17.2. The van der Waals surface area contributed by atoms with E-state index in [0.717, 1.165) is 73.0 Å². The van der Waals surface area contributed by atoms with Gasteiger partial charge in [-0.3, -0.25) is 9.97 Å². The fourth-order valence-electron chi connectivity index (χ4n) is 10.6. The zero-order chi connectivity index (χ0) is 42.4. The van der Waals surface area contributed by atoms with Crippen LogP contribution in [0.15, 0.2) is 193 Å². The highest BCUT2D eigenvalue weighted by atomic mass is 16.3. The Morgan fingerprint density at radius 1 is 0.476 bits per heavy atom. The van der Waals surface area contributed by atoms with Crippen molar-refractivity contribution in [3.63, 3.8) is 0 Å². The van der Waals surface area contributed by atoms with Crippen molar-refractivity contribution in [3.8, 4) is 22.3 Å². The zero-order valence-corrected chi connectivity index (χ0v) is 35.7. The van der Waals surface area contributed by atoms with E-state index in [-0.39, 0.29) is 0 Å². The first-order valence-corrected chi connectivity index (χ1v) is 21.8. The Balaban J connectivity index is 1.24. The summed E-state index contributed by atoms with van der Waals surface area (Å²) in [5, 5.41) is 2.06. The Kier molecular flexibility index (Phi) is 8.32. The minimum Gasteiger partial charge on any atom is -0.455 e. The first-order valence-electron chi connectivity index (χ1n) is 21.8. The lowest BCUT2D eigenvalue weighted by atomic mass is 9.70. The molecule has 2 aliphatic carbocycles. The number of aromatic nitrogens is 2. The van der Waals surface area contributed by atoms with Gasteiger partial charge in [0.05, 0.1) is 40.3 Å². The molecule has 0 N–H and O–H groups in total. The van der Waals surface area contributed by atoms with Crippen LogP contribution in [0.1, 0.15) is 59.0 Å². The summed E-state index contributed by atoms with van der Waals surface area (Å²) in [6, 6.07) is 63.9. The molecule has 2 aliphatic rings. The van der Waals surface area contributed by atoms with Gasteiger partial charge in [0.25, 0.3) is 0 Å². The average molecular weight is 813 g/mol. The van der Waals surface area contributed by atoms with Gasteiger partial charge in [0.2, 0.25) is 0 Å². The van der Waals surface area contributed by atoms with Crippen LogP contribution in [0.5, 0.6) is 0 Å². The molecular weight excluding hydrogens is 769 g/mol. The van der Waals surface area contributed by atoms with Crippen molar-refractivity contribution >= 4 is 56.1 Å². The number of pyridine rings is 2. The van der Waals surface area contributed by atoms with Gasteiger partial charge in [0.15, 0.2) is 0 Å². The van der Waals surface area contributed by atoms with E-state index in [2.05, 4.69) is 200 Å². The van der Waals surface area contributed by atoms with Crippen LogP contribution in [0.25, 0.3) is 44.2 Å². The van der Waals surface area contributed by atoms with Gasteiger partial charge >= 0.3 is 0 Å². The van der Waals surface area contributed by atoms with Crippen molar-refractivity contribution in [1.29, 1.82) is 0 Å². The van der Waals surface area contributed by atoms with Crippen molar-refractivity contribution in [1.82, 2.24) is 9.97 Å². The second-order valence-electron chi connectivity index (χ2n) is 17.2. The van der Waals surface area contributed by atoms with Gasteiger partial charge in [0, 0.05) is 39.4 Å². The minimum atomic E-state index is -0.591. The summed E-state index contributed by atoms with van der Waals surface area (Å²) in [6.07, 6.45) is 3.95. The lowest BCUT2D eigenvalue weighted by Gasteiger charge is -2.32. The van der Waals surface area contributed by atoms with Gasteiger partial charge in [-0.2, -0.15) is 0 Å². The van der Waals surface area contributed by atoms with Crippen LogP contribution in [0.2, 0.25) is 0 Å². The Bertz CT molecular complexity index is 3390. The quantitative estimate of drug-likeness (QED) is 0.160. The molecule has 0 saturated heterocycles. The van der Waals surface area contributed by atoms with E-state index >= 15 is 0 Å². The van der Waals surface area contributed by atoms with E-state index in [1.54, 1.807) is 0 Å². The van der Waals surface area contributed by atoms with E-state index < -0.39 is 5.41 Å². The summed E-state index contributed by atoms with van der Waals surface area (Å²) >= 11 is 0. The molecule has 0 saturated carbocycles. The van der Waals surface area contributed by atoms with Gasteiger partial charge in [-0.15, -0.1) is 0 Å². The highest BCUT2D eigenvalue weighted by Gasteiger charge is 2.53. The number of anilines is 6. The number of hydrogen-bond donors (Lipinski definition) is 0. The molecule has 5 nitrogen and oxygen atoms in total. The third-order valence-electron chi connectivity index (χ3n) is 13.3. The molecule has 0 fully saturated rings. The standard InChI is InChI=1S/C58H44N4O/c1-36(2)44-22-15-25-50-54(44)45-20-11-13-23-48(45)58(50)49-24-14-12-21-46(49)55-51(58)33-52(62(40-18-9-6-10-19-40)43-29-27-38(4)60-35-43)56-47-32-41(30-31-53(47)63-57(55)56)61(39-16-7-5-8-17-39)42-28-26-37(3)59-34-42/h5-36H,1-4H3. The minimum absolute atomic E-state index is 0.343. The van der Waals surface area contributed by atoms with Gasteiger partial charge in [-0.05, 0) is 137 Å². The van der Waals surface area contributed by atoms with Crippen molar-refractivity contribution in [2.45, 2.75) is 39.0 Å². The lowest BCUT2D eigenvalue weighted by Crippen LogP contribution is -2.26. The number of para-hydroxylation sites is 2. The van der Waals surface area contributed by atoms with E-state index in [1.165, 1.54) is 44.5 Å². The lowest BCUT2D eigenvalue weighted by molar-refractivity contribution is 0.669. The number of rotatable bonds is 7. The Morgan fingerprint density at radius 3 is 1.65 bits per heavy atom. The van der Waals surface area contributed by atoms with Gasteiger partial charge < -0.3 is 14.2 Å². The first-order chi connectivity index (χ1) is 30.9. The Morgan fingerprint density at radius 2 is 1.03 bits per heavy atom. The van der Waals surface area contributed by atoms with Crippen LogP contribution in [-0.2, 0) is 5.41 Å². The number of fused-ring (bicyclic) bond motifs is 14. The van der Waals surface area contributed by atoms with Crippen molar-refractivity contribution in [2.24, 2.45) is 0 Å². The van der Waals surface area contributed by atoms with Gasteiger partial charge in [0.1, 0.15) is 11.2 Å². The smallest absolute Gasteiger partial charge is 0.145 e. The molecule has 1 spiro atoms. The molecule has 5 heteroatoms. The van der Waals surface area contributed by atoms with E-state index in [0.29, 0.717) is 5.92 Å². The van der Waals surface area contributed by atoms with E-state index in [9.17, 15) is 0 Å². The van der Waals surface area contributed by atoms with Gasteiger partial charge in [-0.1, -0.05) is 117 Å². The van der Waals surface area contributed by atoms with Crippen molar-refractivity contribution in [3.05, 3.63) is 228 Å². The molecule has 10 aromatic rings. The number of aryl methyl sites for hydroxylation is 2. The third-order valence-corrected chi connectivity index (χ3v) is 13.3. The monoisotopic (exact) mass is 812 g/mol. The molecule has 63 heavy (non-hydrogen) atoms. The van der Waals surface area contributed by atoms with E-state index in [1.807, 2.05) is 26.2 Å². The molecule has 302 valence electrons. The Hall–Kier alpha value is -7.76. The summed E-state index contributed by atoms with van der Waals surface area (Å²) in [6.45, 7) is 8.69. The van der Waals surface area contributed by atoms with E-state index in [4.69, 9.17) is 14.4 Å². The molecule has 12 rings (SSSR count). The highest BCUT2D eigenvalue weighted by molar-refractivity contribution is 6.20. The van der Waals surface area contributed by atoms with Crippen molar-refractivity contribution in [2.75, 3.05) is 9.80 Å². The fraction of sp³-hybridized carbons (Fsp3) is 0.103. The summed E-state index contributed by atoms with van der Waals surface area (Å²) in [7, 11) is 0. The molecule has 0 radical (unpaired) electrons. The normalized spacial score (nSPS) is 14.6. The summed E-state index contributed by atoms with van der Waals surface area (Å²) in [5.74, 6) is 0.343. The maximum atomic E-state index is 7.36. The zero-order valence-electron chi connectivity index (χ0n) is 35.7. The topological polar surface area (TPSA) is 45.4 Å². The SMILES string of the molecule is Cc1ccc(N(c2ccccc2)c2ccc3oc4c5c(cc(N(c6ccccc6)c6ccc(C)nc6)c4c3c2)C2(c3ccccc3-c3c(C(C)C)cccc32)c2ccccc2-5)cn1. The van der Waals surface area contributed by atoms with Crippen LogP contribution in [0.4, 0.5) is 34.1 Å². The van der Waals surface area contributed by atoms with Crippen LogP contribution >= 0.6 is 0 Å². The van der Waals surface area contributed by atoms with Gasteiger partial charge in [-0.25, -0.2) is 0 Å². The molecule has 1 atom stereocenters. The number of furan rings is 1. The summed E-state index contributed by atoms with van der Waals surface area (Å²) in [5.41, 5.74) is 20.5. The van der Waals surface area contributed by atoms with Crippen LogP contribution in [0, 0.1) is 13.8 Å². The van der Waals surface area contributed by atoms with Crippen LogP contribution < -0.4 is 9.80 Å². The molecule has 0 amide bonds. The number of hydrogen-bond acceptors (Lipinski definition) is 5. The summed E-state index contributed by atoms with van der Waals surface area (Å²) in [4.78, 5) is 14.3. The molecule has 0 bridgehead atoms. The Labute approximate surface area is 367 Å². The molecule has 1 unspecified atom stereocenters. The maximum Gasteiger partial charge on any atom is 0.145 e. The average Bonchev–Trinajstić information content (AvgIpc) is 3.95.